The number of carbonyl (C=O) groups excluding carboxylic acids is 1. The van der Waals surface area contributed by atoms with E-state index in [0.29, 0.717) is 12.0 Å². The van der Waals surface area contributed by atoms with Crippen molar-refractivity contribution < 1.29 is 31.9 Å². The summed E-state index contributed by atoms with van der Waals surface area (Å²) >= 11 is 0. The molecule has 2 aromatic rings. The van der Waals surface area contributed by atoms with Crippen molar-refractivity contribution in [2.24, 2.45) is 0 Å². The summed E-state index contributed by atoms with van der Waals surface area (Å²) in [5.74, 6) is -3.34. The van der Waals surface area contributed by atoms with Crippen LogP contribution in [0.15, 0.2) is 28.8 Å². The van der Waals surface area contributed by atoms with Crippen molar-refractivity contribution in [1.29, 1.82) is 0 Å². The Morgan fingerprint density at radius 1 is 1.19 bits per heavy atom. The third-order valence-electron chi connectivity index (χ3n) is 4.60. The molecule has 10 heteroatoms. The van der Waals surface area contributed by atoms with Crippen LogP contribution in [0.5, 0.6) is 0 Å². The normalized spacial score (nSPS) is 15.2. The first kappa shape index (κ1) is 26.1. The van der Waals surface area contributed by atoms with Crippen LogP contribution in [0.4, 0.5) is 8.78 Å². The van der Waals surface area contributed by atoms with Gasteiger partial charge >= 0.3 is 5.97 Å². The fourth-order valence-electron chi connectivity index (χ4n) is 3.10. The van der Waals surface area contributed by atoms with E-state index in [1.54, 1.807) is 34.6 Å². The van der Waals surface area contributed by atoms with Gasteiger partial charge in [-0.3, -0.25) is 9.36 Å². The van der Waals surface area contributed by atoms with Gasteiger partial charge in [0.05, 0.1) is 6.61 Å². The van der Waals surface area contributed by atoms with Gasteiger partial charge in [-0.1, -0.05) is 42.8 Å². The fraction of sp³-hybridized carbons (Fsp3) is 0.591. The number of hydrogen-bond donors (Lipinski definition) is 0. The van der Waals surface area contributed by atoms with E-state index in [0.717, 1.165) is 0 Å². The Balaban J connectivity index is 2.25. The van der Waals surface area contributed by atoms with Gasteiger partial charge in [0.2, 0.25) is 19.1 Å². The summed E-state index contributed by atoms with van der Waals surface area (Å²) in [5, 5.41) is 3.87. The molecule has 0 radical (unpaired) electrons. The molecule has 1 aromatic heterocycles. The highest BCUT2D eigenvalue weighted by atomic mass is 31.2. The molecule has 1 aromatic carbocycles. The highest BCUT2D eigenvalue weighted by Gasteiger charge is 2.40. The molecule has 2 unspecified atom stereocenters. The number of ether oxygens (including phenoxy) is 1. The lowest BCUT2D eigenvalue weighted by Crippen LogP contribution is -2.33. The van der Waals surface area contributed by atoms with Crippen LogP contribution in [-0.2, 0) is 31.0 Å². The SMILES string of the molecule is CCCC(F)(F)c1ccc(-c2noc(CC(C(=O)OC(C)(C)C)P(C)(=O)OCC)n2)cc1. The largest absolute Gasteiger partial charge is 0.459 e. The molecule has 0 aliphatic rings. The second-order valence-corrected chi connectivity index (χ2v) is 11.3. The number of esters is 1. The monoisotopic (exact) mass is 472 g/mol. The van der Waals surface area contributed by atoms with Crippen LogP contribution in [0.1, 0.15) is 58.9 Å². The minimum atomic E-state index is -3.39. The maximum Gasteiger partial charge on any atom is 0.319 e. The topological polar surface area (TPSA) is 91.5 Å². The van der Waals surface area contributed by atoms with Crippen molar-refractivity contribution in [3.8, 4) is 11.4 Å². The lowest BCUT2D eigenvalue weighted by molar-refractivity contribution is -0.154. The molecule has 0 aliphatic heterocycles. The first-order valence-electron chi connectivity index (χ1n) is 10.5. The Morgan fingerprint density at radius 2 is 1.81 bits per heavy atom. The van der Waals surface area contributed by atoms with E-state index in [1.807, 2.05) is 0 Å². The molecule has 0 saturated carbocycles. The minimum Gasteiger partial charge on any atom is -0.459 e. The molecule has 0 fully saturated rings. The second kappa shape index (κ2) is 10.2. The molecule has 2 rings (SSSR count). The van der Waals surface area contributed by atoms with Crippen LogP contribution in [0, 0.1) is 0 Å². The molecule has 0 saturated heterocycles. The molecular weight excluding hydrogens is 441 g/mol. The smallest absolute Gasteiger partial charge is 0.319 e. The molecule has 32 heavy (non-hydrogen) atoms. The van der Waals surface area contributed by atoms with E-state index >= 15 is 0 Å². The Bertz CT molecular complexity index is 954. The predicted molar refractivity (Wildman–Crippen MR) is 117 cm³/mol. The zero-order valence-corrected chi connectivity index (χ0v) is 20.2. The summed E-state index contributed by atoms with van der Waals surface area (Å²) in [6.07, 6.45) is -0.00515. The van der Waals surface area contributed by atoms with Gasteiger partial charge in [0, 0.05) is 30.6 Å². The Kier molecular flexibility index (Phi) is 8.34. The highest BCUT2D eigenvalue weighted by Crippen LogP contribution is 2.50. The zero-order chi connectivity index (χ0) is 24.2. The molecular formula is C22H31F2N2O5P. The highest BCUT2D eigenvalue weighted by molar-refractivity contribution is 7.60. The Morgan fingerprint density at radius 3 is 2.34 bits per heavy atom. The van der Waals surface area contributed by atoms with Crippen molar-refractivity contribution >= 4 is 13.3 Å². The standard InChI is InChI=1S/C22H31F2N2O5P/c1-7-13-22(23,24)16-11-9-15(10-12-16)19-25-18(31-26-19)14-17(32(6,28)29-8-2)20(27)30-21(3,4)5/h9-12,17H,7-8,13-14H2,1-6H3. The van der Waals surface area contributed by atoms with Gasteiger partial charge in [-0.05, 0) is 27.7 Å². The molecule has 7 nitrogen and oxygen atoms in total. The fourth-order valence-corrected chi connectivity index (χ4v) is 4.71. The minimum absolute atomic E-state index is 0.0676. The molecule has 0 bridgehead atoms. The number of rotatable bonds is 10. The first-order chi connectivity index (χ1) is 14.8. The van der Waals surface area contributed by atoms with Crippen LogP contribution in [0.3, 0.4) is 0 Å². The number of benzene rings is 1. The number of alkyl halides is 2. The zero-order valence-electron chi connectivity index (χ0n) is 19.4. The predicted octanol–water partition coefficient (Wildman–Crippen LogP) is 5.83. The summed E-state index contributed by atoms with van der Waals surface area (Å²) in [4.78, 5) is 17.0. The number of halogens is 2. The first-order valence-corrected chi connectivity index (χ1v) is 12.7. The van der Waals surface area contributed by atoms with E-state index in [4.69, 9.17) is 13.8 Å². The average Bonchev–Trinajstić information content (AvgIpc) is 3.13. The lowest BCUT2D eigenvalue weighted by atomic mass is 10.0. The van der Waals surface area contributed by atoms with Crippen LogP contribution in [0.25, 0.3) is 11.4 Å². The molecule has 0 spiro atoms. The van der Waals surface area contributed by atoms with Gasteiger partial charge in [-0.15, -0.1) is 0 Å². The Labute approximate surface area is 187 Å². The van der Waals surface area contributed by atoms with E-state index in [1.165, 1.54) is 30.9 Å². The Hall–Kier alpha value is -2.12. The van der Waals surface area contributed by atoms with Gasteiger partial charge in [0.15, 0.2) is 0 Å². The number of carbonyl (C=O) groups is 1. The molecule has 1 heterocycles. The van der Waals surface area contributed by atoms with Crippen molar-refractivity contribution in [1.82, 2.24) is 10.1 Å². The summed E-state index contributed by atoms with van der Waals surface area (Å²) in [5.41, 5.74) is -1.50. The summed E-state index contributed by atoms with van der Waals surface area (Å²) < 4.78 is 57.2. The van der Waals surface area contributed by atoms with Crippen LogP contribution in [-0.4, -0.2) is 40.6 Å². The summed E-state index contributed by atoms with van der Waals surface area (Å²) in [6.45, 7) is 10.1. The third kappa shape index (κ3) is 6.94. The third-order valence-corrected chi connectivity index (χ3v) is 6.89. The van der Waals surface area contributed by atoms with Crippen molar-refractivity contribution in [2.45, 2.75) is 71.1 Å². The van der Waals surface area contributed by atoms with Gasteiger partial charge in [0.1, 0.15) is 11.3 Å². The van der Waals surface area contributed by atoms with Crippen molar-refractivity contribution in [2.75, 3.05) is 13.3 Å². The van der Waals surface area contributed by atoms with Gasteiger partial charge in [-0.2, -0.15) is 4.98 Å². The maximum absolute atomic E-state index is 14.1. The quantitative estimate of drug-likeness (QED) is 0.318. The van der Waals surface area contributed by atoms with Crippen molar-refractivity contribution in [3.63, 3.8) is 0 Å². The van der Waals surface area contributed by atoms with Crippen LogP contribution < -0.4 is 0 Å². The van der Waals surface area contributed by atoms with E-state index in [2.05, 4.69) is 10.1 Å². The number of nitrogens with zero attached hydrogens (tertiary/aromatic N) is 2. The van der Waals surface area contributed by atoms with Gasteiger partial charge < -0.3 is 13.8 Å². The lowest BCUT2D eigenvalue weighted by Gasteiger charge is -2.26. The average molecular weight is 472 g/mol. The summed E-state index contributed by atoms with van der Waals surface area (Å²) in [6, 6.07) is 5.65. The second-order valence-electron chi connectivity index (χ2n) is 8.62. The summed E-state index contributed by atoms with van der Waals surface area (Å²) in [7, 11) is -3.39. The number of hydrogen-bond acceptors (Lipinski definition) is 7. The van der Waals surface area contributed by atoms with Crippen LogP contribution in [0.2, 0.25) is 0 Å². The van der Waals surface area contributed by atoms with Crippen molar-refractivity contribution in [3.05, 3.63) is 35.7 Å². The molecule has 178 valence electrons. The molecule has 0 amide bonds. The maximum atomic E-state index is 14.1. The van der Waals surface area contributed by atoms with Gasteiger partial charge in [0.25, 0.3) is 5.92 Å². The van der Waals surface area contributed by atoms with E-state index < -0.39 is 30.5 Å². The van der Waals surface area contributed by atoms with Crippen LogP contribution >= 0.6 is 7.37 Å². The molecule has 0 aliphatic carbocycles. The molecule has 2 atom stereocenters. The number of aromatic nitrogens is 2. The molecule has 0 N–H and O–H groups in total. The van der Waals surface area contributed by atoms with Gasteiger partial charge in [-0.25, -0.2) is 8.78 Å². The van der Waals surface area contributed by atoms with E-state index in [-0.39, 0.29) is 36.7 Å². The van der Waals surface area contributed by atoms with E-state index in [9.17, 15) is 18.1 Å².